The van der Waals surface area contributed by atoms with Crippen LogP contribution in [0.3, 0.4) is 0 Å². The van der Waals surface area contributed by atoms with Gasteiger partial charge in [-0.1, -0.05) is 54.1 Å². The van der Waals surface area contributed by atoms with Crippen LogP contribution in [-0.2, 0) is 4.79 Å². The molecule has 0 fully saturated rings. The average molecular weight is 462 g/mol. The third kappa shape index (κ3) is 4.74. The van der Waals surface area contributed by atoms with Crippen LogP contribution in [0.2, 0.25) is 5.02 Å². The minimum atomic E-state index is -0.344. The number of likely N-dealkylation sites (N-methyl/N-ethyl adjacent to an activating group) is 1. The van der Waals surface area contributed by atoms with Crippen molar-refractivity contribution in [3.63, 3.8) is 0 Å². The van der Waals surface area contributed by atoms with E-state index in [0.29, 0.717) is 10.8 Å². The number of allylic oxidation sites excluding steroid dienone is 1. The van der Waals surface area contributed by atoms with Crippen LogP contribution in [0.15, 0.2) is 65.8 Å². The van der Waals surface area contributed by atoms with Gasteiger partial charge in [-0.25, -0.2) is 5.43 Å². The van der Waals surface area contributed by atoms with Crippen molar-refractivity contribution in [2.75, 3.05) is 18.1 Å². The summed E-state index contributed by atoms with van der Waals surface area (Å²) in [6, 6.07) is 17.6. The Morgan fingerprint density at radius 2 is 1.94 bits per heavy atom. The number of benzene rings is 3. The normalized spacial score (nSPS) is 14.8. The number of halogens is 1. The number of carbonyl (C=O) groups excluding carboxylic acids is 1. The molecule has 1 heterocycles. The van der Waals surface area contributed by atoms with Crippen LogP contribution in [0, 0.1) is 0 Å². The monoisotopic (exact) mass is 461 g/mol. The summed E-state index contributed by atoms with van der Waals surface area (Å²) in [5.74, 6) is 0.318. The zero-order valence-electron chi connectivity index (χ0n) is 19.4. The highest BCUT2D eigenvalue weighted by molar-refractivity contribution is 6.33. The van der Waals surface area contributed by atoms with Crippen LogP contribution in [0.4, 0.5) is 5.69 Å². The van der Waals surface area contributed by atoms with Crippen molar-refractivity contribution in [1.29, 1.82) is 0 Å². The lowest BCUT2D eigenvalue weighted by Gasteiger charge is -2.43. The predicted molar refractivity (Wildman–Crippen MR) is 137 cm³/mol. The molecule has 33 heavy (non-hydrogen) atoms. The van der Waals surface area contributed by atoms with Gasteiger partial charge in [0.05, 0.1) is 16.8 Å². The molecule has 170 valence electrons. The second-order valence-corrected chi connectivity index (χ2v) is 9.08. The smallest absolute Gasteiger partial charge is 0.277 e. The SMILES string of the molecule is CCN1c2cc(Cl)c(/C=N/NC(=O)COc3cccc4ccccc34)cc2C(C)=CC1(C)C. The number of carbonyl (C=O) groups is 1. The van der Waals surface area contributed by atoms with Gasteiger partial charge in [0.2, 0.25) is 0 Å². The summed E-state index contributed by atoms with van der Waals surface area (Å²) in [7, 11) is 0. The van der Waals surface area contributed by atoms with Crippen molar-refractivity contribution in [1.82, 2.24) is 5.43 Å². The Bertz CT molecular complexity index is 1260. The highest BCUT2D eigenvalue weighted by atomic mass is 35.5. The molecule has 4 rings (SSSR count). The maximum Gasteiger partial charge on any atom is 0.277 e. The van der Waals surface area contributed by atoms with Crippen LogP contribution in [0.5, 0.6) is 5.75 Å². The van der Waals surface area contributed by atoms with Crippen molar-refractivity contribution in [2.45, 2.75) is 33.2 Å². The number of anilines is 1. The lowest BCUT2D eigenvalue weighted by atomic mass is 9.88. The first kappa shape index (κ1) is 22.9. The number of hydrazone groups is 1. The number of nitrogens with zero attached hydrogens (tertiary/aromatic N) is 2. The largest absolute Gasteiger partial charge is 0.483 e. The molecule has 5 nitrogen and oxygen atoms in total. The molecule has 6 heteroatoms. The molecule has 0 aliphatic carbocycles. The molecule has 1 aliphatic rings. The second kappa shape index (κ2) is 9.28. The van der Waals surface area contributed by atoms with Crippen molar-refractivity contribution in [3.8, 4) is 5.75 Å². The minimum Gasteiger partial charge on any atom is -0.483 e. The van der Waals surface area contributed by atoms with E-state index in [-0.39, 0.29) is 18.1 Å². The Labute approximate surface area is 199 Å². The van der Waals surface area contributed by atoms with Crippen LogP contribution in [0.1, 0.15) is 38.8 Å². The summed E-state index contributed by atoms with van der Waals surface area (Å²) in [5, 5.41) is 6.71. The number of amides is 1. The van der Waals surface area contributed by atoms with Gasteiger partial charge < -0.3 is 9.64 Å². The Morgan fingerprint density at radius 3 is 2.73 bits per heavy atom. The Morgan fingerprint density at radius 1 is 1.18 bits per heavy atom. The van der Waals surface area contributed by atoms with E-state index in [1.807, 2.05) is 54.6 Å². The van der Waals surface area contributed by atoms with Crippen molar-refractivity contribution < 1.29 is 9.53 Å². The molecule has 3 aromatic carbocycles. The number of rotatable bonds is 6. The van der Waals surface area contributed by atoms with Crippen LogP contribution < -0.4 is 15.1 Å². The number of hydrogen-bond donors (Lipinski definition) is 1. The van der Waals surface area contributed by atoms with Gasteiger partial charge in [-0.05, 0) is 56.9 Å². The molecular weight excluding hydrogens is 434 g/mol. The first-order valence-corrected chi connectivity index (χ1v) is 11.4. The molecular formula is C27H28ClN3O2. The Hall–Kier alpha value is -3.31. The summed E-state index contributed by atoms with van der Waals surface area (Å²) in [4.78, 5) is 14.6. The number of hydrogen-bond acceptors (Lipinski definition) is 4. The molecule has 0 saturated heterocycles. The molecule has 0 spiro atoms. The van der Waals surface area contributed by atoms with E-state index < -0.39 is 0 Å². The van der Waals surface area contributed by atoms with Gasteiger partial charge in [-0.3, -0.25) is 4.79 Å². The van der Waals surface area contributed by atoms with Crippen LogP contribution >= 0.6 is 11.6 Å². The highest BCUT2D eigenvalue weighted by Crippen LogP contribution is 2.40. The van der Waals surface area contributed by atoms with Gasteiger partial charge in [0.15, 0.2) is 6.61 Å². The van der Waals surface area contributed by atoms with Gasteiger partial charge in [0.25, 0.3) is 5.91 Å². The molecule has 1 aliphatic heterocycles. The summed E-state index contributed by atoms with van der Waals surface area (Å²) in [6.07, 6.45) is 3.84. The predicted octanol–water partition coefficient (Wildman–Crippen LogP) is 6.04. The van der Waals surface area contributed by atoms with Crippen molar-refractivity contribution in [2.24, 2.45) is 5.10 Å². The molecule has 0 unspecified atom stereocenters. The van der Waals surface area contributed by atoms with Gasteiger partial charge in [-0.2, -0.15) is 5.10 Å². The second-order valence-electron chi connectivity index (χ2n) is 8.68. The van der Waals surface area contributed by atoms with Gasteiger partial charge in [0, 0.05) is 28.7 Å². The van der Waals surface area contributed by atoms with Crippen LogP contribution in [-0.4, -0.2) is 30.8 Å². The zero-order valence-corrected chi connectivity index (χ0v) is 20.1. The first-order valence-electron chi connectivity index (χ1n) is 11.0. The molecule has 1 N–H and O–H groups in total. The summed E-state index contributed by atoms with van der Waals surface area (Å²) in [6.45, 7) is 9.38. The topological polar surface area (TPSA) is 53.9 Å². The van der Waals surface area contributed by atoms with Gasteiger partial charge in [-0.15, -0.1) is 0 Å². The molecule has 1 amide bonds. The van der Waals surface area contributed by atoms with Crippen LogP contribution in [0.25, 0.3) is 16.3 Å². The summed E-state index contributed by atoms with van der Waals surface area (Å²) < 4.78 is 5.71. The van der Waals surface area contributed by atoms with Crippen molar-refractivity contribution >= 4 is 45.8 Å². The Balaban J connectivity index is 1.44. The molecule has 0 bridgehead atoms. The lowest BCUT2D eigenvalue weighted by Crippen LogP contribution is -2.44. The summed E-state index contributed by atoms with van der Waals surface area (Å²) >= 11 is 6.56. The zero-order chi connectivity index (χ0) is 23.6. The number of nitrogens with one attached hydrogen (secondary N) is 1. The molecule has 0 aromatic heterocycles. The third-order valence-electron chi connectivity index (χ3n) is 5.91. The minimum absolute atomic E-state index is 0.0805. The standard InChI is InChI=1S/C27H28ClN3O2/c1-5-31-24-14-23(28)20(13-22(24)18(2)15-27(31,3)4)16-29-30-26(32)17-33-25-12-8-10-19-9-6-7-11-21(19)25/h6-16H,5,17H2,1-4H3,(H,30,32)/b29-16+. The van der Waals surface area contributed by atoms with E-state index >= 15 is 0 Å². The first-order chi connectivity index (χ1) is 15.8. The number of fused-ring (bicyclic) bond motifs is 2. The summed E-state index contributed by atoms with van der Waals surface area (Å²) in [5.41, 5.74) is 6.61. The van der Waals surface area contributed by atoms with E-state index in [2.05, 4.69) is 49.2 Å². The third-order valence-corrected chi connectivity index (χ3v) is 6.24. The quantitative estimate of drug-likeness (QED) is 0.359. The van der Waals surface area contributed by atoms with Gasteiger partial charge >= 0.3 is 0 Å². The number of ether oxygens (including phenoxy) is 1. The van der Waals surface area contributed by atoms with E-state index in [9.17, 15) is 4.79 Å². The fourth-order valence-corrected chi connectivity index (χ4v) is 4.67. The lowest BCUT2D eigenvalue weighted by molar-refractivity contribution is -0.123. The molecule has 0 atom stereocenters. The fraction of sp³-hybridized carbons (Fsp3) is 0.259. The molecule has 3 aromatic rings. The molecule has 0 radical (unpaired) electrons. The van der Waals surface area contributed by atoms with E-state index in [1.54, 1.807) is 6.21 Å². The van der Waals surface area contributed by atoms with E-state index in [0.717, 1.165) is 34.1 Å². The highest BCUT2D eigenvalue weighted by Gasteiger charge is 2.30. The van der Waals surface area contributed by atoms with Gasteiger partial charge in [0.1, 0.15) is 5.75 Å². The molecule has 0 saturated carbocycles. The van der Waals surface area contributed by atoms with E-state index in [4.69, 9.17) is 16.3 Å². The maximum absolute atomic E-state index is 12.3. The average Bonchev–Trinajstić information content (AvgIpc) is 2.78. The van der Waals surface area contributed by atoms with E-state index in [1.165, 1.54) is 5.57 Å². The maximum atomic E-state index is 12.3. The van der Waals surface area contributed by atoms with Crippen molar-refractivity contribution in [3.05, 3.63) is 76.8 Å². The fourth-order valence-electron chi connectivity index (χ4n) is 4.46. The Kier molecular flexibility index (Phi) is 6.43.